The second-order valence-electron chi connectivity index (χ2n) is 0. The van der Waals surface area contributed by atoms with Gasteiger partial charge >= 0.3 is 0 Å². The maximum absolute atomic E-state index is 7.00. The van der Waals surface area contributed by atoms with Crippen molar-refractivity contribution in [2.24, 2.45) is 0 Å². The molecular formula is C6H19BrOW. The van der Waals surface area contributed by atoms with Crippen LogP contribution in [0, 0.1) is 0 Å². The van der Waals surface area contributed by atoms with Crippen molar-refractivity contribution in [1.82, 2.24) is 0 Å². The van der Waals surface area contributed by atoms with Crippen LogP contribution >= 0.6 is 15.9 Å². The van der Waals surface area contributed by atoms with Crippen LogP contribution in [0.1, 0.15) is 27.7 Å². The minimum absolute atomic E-state index is 0. The first kappa shape index (κ1) is 32.1. The topological polar surface area (TPSA) is 20.2 Å². The standard InChI is InChI=1S/2C2H6.CH3Br.CH4O.W/c4*1-2;/h2*1-2H3;1H3;2H,1H3;. The minimum atomic E-state index is 0. The van der Waals surface area contributed by atoms with Gasteiger partial charge in [0.05, 0.1) is 0 Å². The van der Waals surface area contributed by atoms with E-state index in [1.54, 1.807) is 0 Å². The molecule has 62 valence electrons. The van der Waals surface area contributed by atoms with E-state index in [4.69, 9.17) is 5.11 Å². The maximum atomic E-state index is 7.00. The smallest absolute Gasteiger partial charge is 0.0319 e. The van der Waals surface area contributed by atoms with Crippen LogP contribution in [-0.2, 0) is 21.1 Å². The zero-order chi connectivity index (χ0) is 8.00. The summed E-state index contributed by atoms with van der Waals surface area (Å²) in [6.45, 7) is 8.00. The average molecular weight is 371 g/mol. The second-order valence-corrected chi connectivity index (χ2v) is 0. The van der Waals surface area contributed by atoms with Gasteiger partial charge < -0.3 is 5.11 Å². The SMILES string of the molecule is CBr.CC.CC.CO.[W]. The number of aliphatic hydroxyl groups is 1. The van der Waals surface area contributed by atoms with E-state index in [-0.39, 0.29) is 21.1 Å². The molecule has 0 aliphatic rings. The van der Waals surface area contributed by atoms with E-state index >= 15 is 0 Å². The molecular weight excluding hydrogens is 352 g/mol. The molecule has 9 heavy (non-hydrogen) atoms. The van der Waals surface area contributed by atoms with Crippen LogP contribution in [0.4, 0.5) is 0 Å². The monoisotopic (exact) mass is 370 g/mol. The molecule has 1 nitrogen and oxygen atoms in total. The quantitative estimate of drug-likeness (QED) is 0.650. The number of alkyl halides is 1. The molecule has 3 heteroatoms. The molecule has 0 aromatic heterocycles. The van der Waals surface area contributed by atoms with Crippen LogP contribution < -0.4 is 0 Å². The molecule has 0 spiro atoms. The maximum Gasteiger partial charge on any atom is 0.0319 e. The Morgan fingerprint density at radius 2 is 0.778 bits per heavy atom. The van der Waals surface area contributed by atoms with Crippen molar-refractivity contribution in [2.75, 3.05) is 12.9 Å². The van der Waals surface area contributed by atoms with Crippen molar-refractivity contribution in [3.63, 3.8) is 0 Å². The van der Waals surface area contributed by atoms with Crippen molar-refractivity contribution >= 4 is 15.9 Å². The second kappa shape index (κ2) is 474. The van der Waals surface area contributed by atoms with Crippen molar-refractivity contribution in [2.45, 2.75) is 27.7 Å². The first-order chi connectivity index (χ1) is 4.00. The number of hydrogen-bond donors (Lipinski definition) is 1. The van der Waals surface area contributed by atoms with Crippen molar-refractivity contribution in [3.8, 4) is 0 Å². The molecule has 0 atom stereocenters. The Morgan fingerprint density at radius 1 is 0.778 bits per heavy atom. The molecule has 0 aliphatic heterocycles. The fourth-order valence-corrected chi connectivity index (χ4v) is 0. The van der Waals surface area contributed by atoms with Crippen molar-refractivity contribution in [3.05, 3.63) is 0 Å². The third-order valence-electron chi connectivity index (χ3n) is 0. The van der Waals surface area contributed by atoms with Gasteiger partial charge in [0.15, 0.2) is 0 Å². The summed E-state index contributed by atoms with van der Waals surface area (Å²) in [6, 6.07) is 0. The van der Waals surface area contributed by atoms with Crippen molar-refractivity contribution < 1.29 is 26.2 Å². The van der Waals surface area contributed by atoms with E-state index in [9.17, 15) is 0 Å². The fourth-order valence-electron chi connectivity index (χ4n) is 0. The molecule has 0 saturated heterocycles. The van der Waals surface area contributed by atoms with E-state index in [1.807, 2.05) is 33.5 Å². The van der Waals surface area contributed by atoms with Gasteiger partial charge in [-0.05, 0) is 5.83 Å². The summed E-state index contributed by atoms with van der Waals surface area (Å²) in [5.41, 5.74) is 0. The van der Waals surface area contributed by atoms with Gasteiger partial charge in [-0.3, -0.25) is 0 Å². The summed E-state index contributed by atoms with van der Waals surface area (Å²) >= 11 is 2.94. The predicted molar refractivity (Wildman–Crippen MR) is 45.7 cm³/mol. The summed E-state index contributed by atoms with van der Waals surface area (Å²) in [4.78, 5) is 0. The Labute approximate surface area is 82.6 Å². The molecule has 0 unspecified atom stereocenters. The molecule has 0 radical (unpaired) electrons. The molecule has 0 amide bonds. The van der Waals surface area contributed by atoms with E-state index < -0.39 is 0 Å². The van der Waals surface area contributed by atoms with E-state index in [0.717, 1.165) is 7.11 Å². The van der Waals surface area contributed by atoms with E-state index in [2.05, 4.69) is 15.9 Å². The molecule has 0 aromatic rings. The zero-order valence-corrected chi connectivity index (χ0v) is 11.8. The molecule has 0 aromatic carbocycles. The molecule has 0 saturated carbocycles. The van der Waals surface area contributed by atoms with Crippen LogP contribution in [0.25, 0.3) is 0 Å². The number of rotatable bonds is 0. The Kier molecular flexibility index (Phi) is 1690. The Bertz CT molecular complexity index is 13.0. The molecule has 1 N–H and O–H groups in total. The predicted octanol–water partition coefficient (Wildman–Crippen LogP) is 2.67. The van der Waals surface area contributed by atoms with Crippen LogP contribution in [0.2, 0.25) is 0 Å². The Balaban J connectivity index is -0.00000000762. The van der Waals surface area contributed by atoms with Gasteiger partial charge in [0.25, 0.3) is 0 Å². The first-order valence-corrected chi connectivity index (χ1v) is 4.41. The van der Waals surface area contributed by atoms with E-state index in [0.29, 0.717) is 0 Å². The van der Waals surface area contributed by atoms with E-state index in [1.165, 1.54) is 0 Å². The molecule has 0 bridgehead atoms. The Morgan fingerprint density at radius 3 is 0.778 bits per heavy atom. The third-order valence-corrected chi connectivity index (χ3v) is 0. The molecule has 0 rings (SSSR count). The molecule has 0 aliphatic carbocycles. The summed E-state index contributed by atoms with van der Waals surface area (Å²) in [5.74, 6) is 1.81. The van der Waals surface area contributed by atoms with Crippen molar-refractivity contribution in [1.29, 1.82) is 0 Å². The van der Waals surface area contributed by atoms with Crippen LogP contribution in [-0.4, -0.2) is 18.0 Å². The van der Waals surface area contributed by atoms with Gasteiger partial charge in [0.2, 0.25) is 0 Å². The minimum Gasteiger partial charge on any atom is -0.400 e. The van der Waals surface area contributed by atoms with Gasteiger partial charge in [-0.25, -0.2) is 0 Å². The van der Waals surface area contributed by atoms with Gasteiger partial charge in [-0.1, -0.05) is 43.6 Å². The molecule has 0 fully saturated rings. The van der Waals surface area contributed by atoms with Crippen LogP contribution in [0.15, 0.2) is 0 Å². The largest absolute Gasteiger partial charge is 0.400 e. The average Bonchev–Trinajstić information content (AvgIpc) is 2.03. The fraction of sp³-hybridized carbons (Fsp3) is 1.00. The van der Waals surface area contributed by atoms with Gasteiger partial charge in [0.1, 0.15) is 0 Å². The summed E-state index contributed by atoms with van der Waals surface area (Å²) < 4.78 is 0. The molecule has 0 heterocycles. The van der Waals surface area contributed by atoms with Crippen LogP contribution in [0.5, 0.6) is 0 Å². The number of halogens is 1. The van der Waals surface area contributed by atoms with Crippen LogP contribution in [0.3, 0.4) is 0 Å². The van der Waals surface area contributed by atoms with Gasteiger partial charge in [-0.15, -0.1) is 0 Å². The summed E-state index contributed by atoms with van der Waals surface area (Å²) in [6.07, 6.45) is 0. The number of hydrogen-bond acceptors (Lipinski definition) is 1. The summed E-state index contributed by atoms with van der Waals surface area (Å²) in [5, 5.41) is 7.00. The zero-order valence-electron chi connectivity index (χ0n) is 7.23. The normalized spacial score (nSPS) is 2.67. The van der Waals surface area contributed by atoms with Gasteiger partial charge in [-0.2, -0.15) is 0 Å². The third kappa shape index (κ3) is 364. The Hall–Kier alpha value is 1.13. The first-order valence-electron chi connectivity index (χ1n) is 2.83. The van der Waals surface area contributed by atoms with Gasteiger partial charge in [0, 0.05) is 28.2 Å². The summed E-state index contributed by atoms with van der Waals surface area (Å²) in [7, 11) is 1.00. The number of aliphatic hydroxyl groups excluding tert-OH is 1.